The Balaban J connectivity index is 3.06. The van der Waals surface area contributed by atoms with Crippen molar-refractivity contribution in [3.8, 4) is 0 Å². The molecule has 1 heterocycles. The number of hydrogen-bond acceptors (Lipinski definition) is 3. The fraction of sp³-hybridized carbons (Fsp3) is 0.556. The number of aryl methyl sites for hydroxylation is 1. The van der Waals surface area contributed by atoms with Crippen LogP contribution in [0, 0.1) is 12.8 Å². The lowest BCUT2D eigenvalue weighted by Crippen LogP contribution is -2.05. The minimum atomic E-state index is 0.245. The second-order valence-electron chi connectivity index (χ2n) is 3.53. The number of rotatable bonds is 2. The highest BCUT2D eigenvalue weighted by Gasteiger charge is 2.09. The van der Waals surface area contributed by atoms with E-state index in [9.17, 15) is 0 Å². The minimum absolute atomic E-state index is 0.245. The molecule has 0 aliphatic heterocycles. The number of nitrogens with zero attached hydrogens (tertiary/aromatic N) is 2. The molecular weight excluding hydrogens is 186 g/mol. The van der Waals surface area contributed by atoms with Crippen LogP contribution in [0.4, 0.5) is 5.95 Å². The largest absolute Gasteiger partial charge is 0.368 e. The van der Waals surface area contributed by atoms with Gasteiger partial charge in [0.15, 0.2) is 0 Å². The summed E-state index contributed by atoms with van der Waals surface area (Å²) in [6.45, 7) is 6.17. The minimum Gasteiger partial charge on any atom is -0.368 e. The Morgan fingerprint density at radius 1 is 1.38 bits per heavy atom. The van der Waals surface area contributed by atoms with Crippen molar-refractivity contribution in [3.63, 3.8) is 0 Å². The fourth-order valence-corrected chi connectivity index (χ4v) is 1.52. The predicted octanol–water partition coefficient (Wildman–Crippen LogP) is 2.22. The number of anilines is 1. The van der Waals surface area contributed by atoms with Crippen molar-refractivity contribution in [3.05, 3.63) is 16.4 Å². The second kappa shape index (κ2) is 3.92. The van der Waals surface area contributed by atoms with Crippen LogP contribution in [0.3, 0.4) is 0 Å². The Morgan fingerprint density at radius 3 is 2.46 bits per heavy atom. The van der Waals surface area contributed by atoms with Crippen LogP contribution in [0.15, 0.2) is 0 Å². The number of nitrogens with two attached hydrogens (primary N) is 1. The van der Waals surface area contributed by atoms with E-state index in [0.29, 0.717) is 11.1 Å². The highest BCUT2D eigenvalue weighted by Crippen LogP contribution is 2.20. The van der Waals surface area contributed by atoms with Gasteiger partial charge in [0.1, 0.15) is 5.15 Å². The molecule has 2 N–H and O–H groups in total. The summed E-state index contributed by atoms with van der Waals surface area (Å²) in [7, 11) is 0. The lowest BCUT2D eigenvalue weighted by Gasteiger charge is -2.09. The van der Waals surface area contributed by atoms with Crippen molar-refractivity contribution >= 4 is 17.5 Å². The van der Waals surface area contributed by atoms with Gasteiger partial charge in [0, 0.05) is 11.3 Å². The van der Waals surface area contributed by atoms with Gasteiger partial charge in [-0.25, -0.2) is 9.97 Å². The molecule has 0 amide bonds. The first-order valence-corrected chi connectivity index (χ1v) is 4.67. The molecule has 0 atom stereocenters. The molecule has 0 spiro atoms. The van der Waals surface area contributed by atoms with E-state index < -0.39 is 0 Å². The van der Waals surface area contributed by atoms with E-state index in [1.54, 1.807) is 0 Å². The first-order chi connectivity index (χ1) is 6.00. The van der Waals surface area contributed by atoms with E-state index in [4.69, 9.17) is 17.3 Å². The summed E-state index contributed by atoms with van der Waals surface area (Å²) in [6.07, 6.45) is 0.894. The number of aromatic nitrogens is 2. The summed E-state index contributed by atoms with van der Waals surface area (Å²) in [5, 5.41) is 0.485. The Hall–Kier alpha value is -0.830. The summed E-state index contributed by atoms with van der Waals surface area (Å²) in [6, 6.07) is 0. The molecule has 0 bridgehead atoms. The zero-order chi connectivity index (χ0) is 10.0. The summed E-state index contributed by atoms with van der Waals surface area (Å²) in [5.74, 6) is 0.790. The third-order valence-corrected chi connectivity index (χ3v) is 2.11. The molecule has 1 rings (SSSR count). The summed E-state index contributed by atoms with van der Waals surface area (Å²) < 4.78 is 0. The van der Waals surface area contributed by atoms with Crippen LogP contribution in [-0.2, 0) is 6.42 Å². The third kappa shape index (κ3) is 2.56. The molecule has 4 heteroatoms. The molecule has 72 valence electrons. The standard InChI is InChI=1S/C9H14ClN3/c1-5(2)4-7-6(3)12-9(11)13-8(7)10/h5H,4H2,1-3H3,(H2,11,12,13). The average Bonchev–Trinajstić information content (AvgIpc) is 1.96. The fourth-order valence-electron chi connectivity index (χ4n) is 1.22. The maximum absolute atomic E-state index is 5.95. The molecule has 0 fully saturated rings. The van der Waals surface area contributed by atoms with Crippen molar-refractivity contribution in [1.82, 2.24) is 9.97 Å². The molecule has 0 unspecified atom stereocenters. The predicted molar refractivity (Wildman–Crippen MR) is 54.7 cm³/mol. The van der Waals surface area contributed by atoms with Gasteiger partial charge in [0.25, 0.3) is 0 Å². The topological polar surface area (TPSA) is 51.8 Å². The van der Waals surface area contributed by atoms with Crippen molar-refractivity contribution in [2.45, 2.75) is 27.2 Å². The van der Waals surface area contributed by atoms with Gasteiger partial charge in [-0.05, 0) is 19.3 Å². The summed E-state index contributed by atoms with van der Waals surface area (Å²) in [4.78, 5) is 7.99. The molecular formula is C9H14ClN3. The van der Waals surface area contributed by atoms with E-state index in [-0.39, 0.29) is 5.95 Å². The quantitative estimate of drug-likeness (QED) is 0.744. The Labute approximate surface area is 83.3 Å². The van der Waals surface area contributed by atoms with Gasteiger partial charge in [0.05, 0.1) is 0 Å². The first kappa shape index (κ1) is 10.3. The van der Waals surface area contributed by atoms with Crippen LogP contribution in [0.2, 0.25) is 5.15 Å². The zero-order valence-electron chi connectivity index (χ0n) is 8.13. The molecule has 1 aromatic rings. The Bertz CT molecular complexity index is 287. The molecule has 0 aliphatic rings. The average molecular weight is 200 g/mol. The molecule has 0 aromatic carbocycles. The van der Waals surface area contributed by atoms with Crippen molar-refractivity contribution in [2.24, 2.45) is 5.92 Å². The zero-order valence-corrected chi connectivity index (χ0v) is 8.89. The maximum atomic E-state index is 5.95. The van der Waals surface area contributed by atoms with Gasteiger partial charge in [-0.1, -0.05) is 25.4 Å². The van der Waals surface area contributed by atoms with E-state index in [0.717, 1.165) is 17.7 Å². The summed E-state index contributed by atoms with van der Waals surface area (Å²) in [5.41, 5.74) is 7.34. The molecule has 0 saturated heterocycles. The van der Waals surface area contributed by atoms with Crippen LogP contribution < -0.4 is 5.73 Å². The van der Waals surface area contributed by atoms with Crippen LogP contribution in [0.25, 0.3) is 0 Å². The molecule has 0 aliphatic carbocycles. The maximum Gasteiger partial charge on any atom is 0.221 e. The molecule has 13 heavy (non-hydrogen) atoms. The van der Waals surface area contributed by atoms with Crippen molar-refractivity contribution in [1.29, 1.82) is 0 Å². The van der Waals surface area contributed by atoms with Gasteiger partial charge in [-0.2, -0.15) is 0 Å². The molecule has 3 nitrogen and oxygen atoms in total. The molecule has 0 radical (unpaired) electrons. The molecule has 0 saturated carbocycles. The number of hydrogen-bond donors (Lipinski definition) is 1. The van der Waals surface area contributed by atoms with E-state index in [1.165, 1.54) is 0 Å². The lowest BCUT2D eigenvalue weighted by molar-refractivity contribution is 0.640. The summed E-state index contributed by atoms with van der Waals surface area (Å²) >= 11 is 5.95. The lowest BCUT2D eigenvalue weighted by atomic mass is 10.0. The Morgan fingerprint density at radius 2 is 2.00 bits per heavy atom. The van der Waals surface area contributed by atoms with Gasteiger partial charge in [-0.3, -0.25) is 0 Å². The van der Waals surface area contributed by atoms with Gasteiger partial charge < -0.3 is 5.73 Å². The van der Waals surface area contributed by atoms with Gasteiger partial charge in [0.2, 0.25) is 5.95 Å². The van der Waals surface area contributed by atoms with Crippen LogP contribution in [-0.4, -0.2) is 9.97 Å². The Kier molecular flexibility index (Phi) is 3.09. The highest BCUT2D eigenvalue weighted by atomic mass is 35.5. The third-order valence-electron chi connectivity index (χ3n) is 1.79. The number of halogens is 1. The highest BCUT2D eigenvalue weighted by molar-refractivity contribution is 6.30. The monoisotopic (exact) mass is 199 g/mol. The smallest absolute Gasteiger partial charge is 0.221 e. The van der Waals surface area contributed by atoms with Crippen LogP contribution in [0.1, 0.15) is 25.1 Å². The van der Waals surface area contributed by atoms with E-state index in [1.807, 2.05) is 6.92 Å². The van der Waals surface area contributed by atoms with Gasteiger partial charge >= 0.3 is 0 Å². The van der Waals surface area contributed by atoms with Crippen molar-refractivity contribution in [2.75, 3.05) is 5.73 Å². The number of nitrogen functional groups attached to an aromatic ring is 1. The van der Waals surface area contributed by atoms with Crippen LogP contribution >= 0.6 is 11.6 Å². The molecule has 1 aromatic heterocycles. The SMILES string of the molecule is Cc1nc(N)nc(Cl)c1CC(C)C. The second-order valence-corrected chi connectivity index (χ2v) is 3.89. The van der Waals surface area contributed by atoms with E-state index in [2.05, 4.69) is 23.8 Å². The van der Waals surface area contributed by atoms with Crippen LogP contribution in [0.5, 0.6) is 0 Å². The van der Waals surface area contributed by atoms with Crippen molar-refractivity contribution < 1.29 is 0 Å². The van der Waals surface area contributed by atoms with E-state index >= 15 is 0 Å². The normalized spacial score (nSPS) is 10.8. The first-order valence-electron chi connectivity index (χ1n) is 4.29. The van der Waals surface area contributed by atoms with Gasteiger partial charge in [-0.15, -0.1) is 0 Å².